The largest absolute Gasteiger partial charge is 0.334 e. The molecule has 4 rings (SSSR count). The lowest BCUT2D eigenvalue weighted by atomic mass is 10.0. The summed E-state index contributed by atoms with van der Waals surface area (Å²) in [7, 11) is 0. The van der Waals surface area contributed by atoms with Crippen LogP contribution in [0.5, 0.6) is 0 Å². The zero-order chi connectivity index (χ0) is 17.4. The van der Waals surface area contributed by atoms with E-state index in [1.54, 1.807) is 6.20 Å². The topological polar surface area (TPSA) is 55.4 Å². The minimum absolute atomic E-state index is 0.0723. The molecule has 0 N–H and O–H groups in total. The summed E-state index contributed by atoms with van der Waals surface area (Å²) in [5.41, 5.74) is 3.56. The number of rotatable bonds is 3. The van der Waals surface area contributed by atoms with Crippen LogP contribution in [0.1, 0.15) is 41.0 Å². The number of carbonyl (C=O) groups excluding carboxylic acids is 1. The first-order valence-corrected chi connectivity index (χ1v) is 8.87. The molecule has 0 bridgehead atoms. The second-order valence-electron chi connectivity index (χ2n) is 6.84. The highest BCUT2D eigenvalue weighted by molar-refractivity contribution is 6.00. The summed E-state index contributed by atoms with van der Waals surface area (Å²) < 4.78 is 3.93. The van der Waals surface area contributed by atoms with Gasteiger partial charge in [-0.3, -0.25) is 9.48 Å². The number of amides is 1. The van der Waals surface area contributed by atoms with Gasteiger partial charge in [-0.15, -0.1) is 0 Å². The van der Waals surface area contributed by atoms with E-state index in [4.69, 9.17) is 0 Å². The maximum atomic E-state index is 13.2. The number of pyridine rings is 1. The van der Waals surface area contributed by atoms with E-state index < -0.39 is 0 Å². The van der Waals surface area contributed by atoms with Crippen molar-refractivity contribution in [3.05, 3.63) is 53.7 Å². The Bertz CT molecular complexity index is 910. The van der Waals surface area contributed by atoms with Crippen LogP contribution in [0, 0.1) is 13.8 Å². The average Bonchev–Trinajstić information content (AvgIpc) is 3.21. The van der Waals surface area contributed by atoms with Crippen molar-refractivity contribution in [1.29, 1.82) is 0 Å². The third kappa shape index (κ3) is 2.92. The SMILES string of the molecule is Cc1cc(C)n(C[C@H]2CCCCN2C(=O)c2cccn3ccnc23)n1. The van der Waals surface area contributed by atoms with Crippen molar-refractivity contribution in [3.8, 4) is 0 Å². The van der Waals surface area contributed by atoms with E-state index >= 15 is 0 Å². The van der Waals surface area contributed by atoms with Crippen LogP contribution in [-0.4, -0.2) is 42.6 Å². The number of nitrogens with zero attached hydrogens (tertiary/aromatic N) is 5. The fourth-order valence-electron chi connectivity index (χ4n) is 3.79. The van der Waals surface area contributed by atoms with Crippen molar-refractivity contribution in [2.45, 2.75) is 45.7 Å². The van der Waals surface area contributed by atoms with Gasteiger partial charge in [-0.05, 0) is 51.3 Å². The van der Waals surface area contributed by atoms with Crippen molar-refractivity contribution in [3.63, 3.8) is 0 Å². The van der Waals surface area contributed by atoms with E-state index in [9.17, 15) is 4.79 Å². The molecular weight excluding hydrogens is 314 g/mol. The summed E-state index contributed by atoms with van der Waals surface area (Å²) in [6, 6.07) is 6.04. The van der Waals surface area contributed by atoms with Crippen LogP contribution < -0.4 is 0 Å². The van der Waals surface area contributed by atoms with Crippen molar-refractivity contribution >= 4 is 11.6 Å². The highest BCUT2D eigenvalue weighted by Gasteiger charge is 2.29. The van der Waals surface area contributed by atoms with E-state index in [-0.39, 0.29) is 11.9 Å². The zero-order valence-corrected chi connectivity index (χ0v) is 14.7. The Kier molecular flexibility index (Phi) is 4.03. The Morgan fingerprint density at radius 1 is 1.28 bits per heavy atom. The highest BCUT2D eigenvalue weighted by atomic mass is 16.2. The fraction of sp³-hybridized carbons (Fsp3) is 0.421. The van der Waals surface area contributed by atoms with Gasteiger partial charge in [0.2, 0.25) is 0 Å². The molecule has 1 amide bonds. The lowest BCUT2D eigenvalue weighted by Gasteiger charge is -2.36. The smallest absolute Gasteiger partial charge is 0.257 e. The van der Waals surface area contributed by atoms with E-state index in [1.165, 1.54) is 0 Å². The normalized spacial score (nSPS) is 18.0. The molecule has 0 aliphatic carbocycles. The third-order valence-corrected chi connectivity index (χ3v) is 5.02. The monoisotopic (exact) mass is 337 g/mol. The van der Waals surface area contributed by atoms with Gasteiger partial charge < -0.3 is 9.30 Å². The predicted octanol–water partition coefficient (Wildman–Crippen LogP) is 2.84. The van der Waals surface area contributed by atoms with Crippen molar-refractivity contribution in [2.24, 2.45) is 0 Å². The molecule has 6 heteroatoms. The summed E-state index contributed by atoms with van der Waals surface area (Å²) in [5.74, 6) is 0.0723. The number of aryl methyl sites for hydroxylation is 2. The Labute approximate surface area is 147 Å². The van der Waals surface area contributed by atoms with Gasteiger partial charge in [0, 0.05) is 30.8 Å². The summed E-state index contributed by atoms with van der Waals surface area (Å²) in [5, 5.41) is 4.57. The maximum Gasteiger partial charge on any atom is 0.257 e. The van der Waals surface area contributed by atoms with E-state index in [1.807, 2.05) is 45.4 Å². The zero-order valence-electron chi connectivity index (χ0n) is 14.7. The number of imidazole rings is 1. The van der Waals surface area contributed by atoms with E-state index in [0.29, 0.717) is 5.56 Å². The van der Waals surface area contributed by atoms with Crippen LogP contribution in [0.25, 0.3) is 5.65 Å². The van der Waals surface area contributed by atoms with Crippen LogP contribution >= 0.6 is 0 Å². The third-order valence-electron chi connectivity index (χ3n) is 5.02. The first kappa shape index (κ1) is 15.9. The molecular formula is C19H23N5O. The Balaban J connectivity index is 1.63. The van der Waals surface area contributed by atoms with Crippen molar-refractivity contribution in [1.82, 2.24) is 24.1 Å². The number of hydrogen-bond donors (Lipinski definition) is 0. The van der Waals surface area contributed by atoms with Crippen LogP contribution in [0.3, 0.4) is 0 Å². The van der Waals surface area contributed by atoms with Crippen LogP contribution in [0.2, 0.25) is 0 Å². The second-order valence-corrected chi connectivity index (χ2v) is 6.84. The molecule has 0 spiro atoms. The number of piperidine rings is 1. The molecule has 1 aliphatic heterocycles. The van der Waals surface area contributed by atoms with Crippen LogP contribution in [0.15, 0.2) is 36.8 Å². The molecule has 0 aromatic carbocycles. The molecule has 0 saturated carbocycles. The molecule has 0 unspecified atom stereocenters. The van der Waals surface area contributed by atoms with Crippen molar-refractivity contribution < 1.29 is 4.79 Å². The fourth-order valence-corrected chi connectivity index (χ4v) is 3.79. The van der Waals surface area contributed by atoms with Gasteiger partial charge in [-0.25, -0.2) is 4.98 Å². The second kappa shape index (κ2) is 6.35. The predicted molar refractivity (Wildman–Crippen MR) is 95.6 cm³/mol. The average molecular weight is 337 g/mol. The van der Waals surface area contributed by atoms with E-state index in [0.717, 1.165) is 49.4 Å². The summed E-state index contributed by atoms with van der Waals surface area (Å²) in [6.45, 7) is 5.63. The van der Waals surface area contributed by atoms with Gasteiger partial charge in [0.15, 0.2) is 0 Å². The molecule has 130 valence electrons. The molecule has 1 saturated heterocycles. The molecule has 0 radical (unpaired) electrons. The first-order chi connectivity index (χ1) is 12.1. The Hall–Kier alpha value is -2.63. The summed E-state index contributed by atoms with van der Waals surface area (Å²) >= 11 is 0. The molecule has 3 aromatic heterocycles. The summed E-state index contributed by atoms with van der Waals surface area (Å²) in [6.07, 6.45) is 8.74. The molecule has 6 nitrogen and oxygen atoms in total. The minimum atomic E-state index is 0.0723. The summed E-state index contributed by atoms with van der Waals surface area (Å²) in [4.78, 5) is 19.6. The van der Waals surface area contributed by atoms with Gasteiger partial charge in [-0.1, -0.05) is 0 Å². The number of carbonyl (C=O) groups is 1. The quantitative estimate of drug-likeness (QED) is 0.738. The maximum absolute atomic E-state index is 13.2. The van der Waals surface area contributed by atoms with Gasteiger partial charge >= 0.3 is 0 Å². The number of likely N-dealkylation sites (tertiary alicyclic amines) is 1. The molecule has 1 atom stereocenters. The van der Waals surface area contributed by atoms with Crippen LogP contribution in [-0.2, 0) is 6.54 Å². The van der Waals surface area contributed by atoms with E-state index in [2.05, 4.69) is 23.1 Å². The number of fused-ring (bicyclic) bond motifs is 1. The molecule has 3 aromatic rings. The van der Waals surface area contributed by atoms with Gasteiger partial charge in [0.1, 0.15) is 5.65 Å². The van der Waals surface area contributed by atoms with Crippen LogP contribution in [0.4, 0.5) is 0 Å². The Morgan fingerprint density at radius 3 is 2.96 bits per heavy atom. The van der Waals surface area contributed by atoms with Gasteiger partial charge in [0.05, 0.1) is 23.8 Å². The first-order valence-electron chi connectivity index (χ1n) is 8.87. The lowest BCUT2D eigenvalue weighted by molar-refractivity contribution is 0.0584. The Morgan fingerprint density at radius 2 is 2.16 bits per heavy atom. The highest BCUT2D eigenvalue weighted by Crippen LogP contribution is 2.23. The van der Waals surface area contributed by atoms with Gasteiger partial charge in [0.25, 0.3) is 5.91 Å². The standard InChI is InChI=1S/C19H23N5O/c1-14-12-15(2)24(21-14)13-16-6-3-4-10-23(16)19(25)17-7-5-9-22-11-8-20-18(17)22/h5,7-9,11-12,16H,3-4,6,10,13H2,1-2H3/t16-/m1/s1. The van der Waals surface area contributed by atoms with Gasteiger partial charge in [-0.2, -0.15) is 5.10 Å². The minimum Gasteiger partial charge on any atom is -0.334 e. The lowest BCUT2D eigenvalue weighted by Crippen LogP contribution is -2.46. The number of aromatic nitrogens is 4. The molecule has 1 fully saturated rings. The molecule has 25 heavy (non-hydrogen) atoms. The molecule has 4 heterocycles. The number of hydrogen-bond acceptors (Lipinski definition) is 3. The molecule has 1 aliphatic rings. The van der Waals surface area contributed by atoms with Crippen molar-refractivity contribution in [2.75, 3.05) is 6.54 Å².